The second-order valence-electron chi connectivity index (χ2n) is 4.71. The Balaban J connectivity index is 1.90. The van der Waals surface area contributed by atoms with E-state index in [1.54, 1.807) is 6.07 Å². The topological polar surface area (TPSA) is 28.2 Å². The fraction of sp³-hybridized carbons (Fsp3) is 0.357. The molecule has 3 heterocycles. The number of pyridine rings is 1. The zero-order valence-electron chi connectivity index (χ0n) is 10.8. The van der Waals surface area contributed by atoms with Crippen molar-refractivity contribution in [2.75, 3.05) is 18.5 Å². The second kappa shape index (κ2) is 5.27. The van der Waals surface area contributed by atoms with Gasteiger partial charge < -0.3 is 10.2 Å². The van der Waals surface area contributed by atoms with E-state index in [-0.39, 0.29) is 5.82 Å². The lowest BCUT2D eigenvalue weighted by atomic mass is 10.1. The van der Waals surface area contributed by atoms with Gasteiger partial charge in [0.1, 0.15) is 11.6 Å². The Morgan fingerprint density at radius 3 is 3.26 bits per heavy atom. The highest BCUT2D eigenvalue weighted by Gasteiger charge is 2.20. The van der Waals surface area contributed by atoms with Gasteiger partial charge >= 0.3 is 0 Å². The molecule has 0 bridgehead atoms. The van der Waals surface area contributed by atoms with Gasteiger partial charge in [0, 0.05) is 30.1 Å². The fourth-order valence-corrected chi connectivity index (χ4v) is 3.40. The number of rotatable bonds is 3. The number of hydrogen-bond donors (Lipinski definition) is 1. The molecular weight excluding hydrogens is 261 g/mol. The Kier molecular flexibility index (Phi) is 3.48. The van der Waals surface area contributed by atoms with Gasteiger partial charge in [0.05, 0.1) is 6.20 Å². The molecule has 0 amide bonds. The van der Waals surface area contributed by atoms with Gasteiger partial charge in [-0.25, -0.2) is 9.37 Å². The summed E-state index contributed by atoms with van der Waals surface area (Å²) in [7, 11) is 1.86. The van der Waals surface area contributed by atoms with Crippen molar-refractivity contribution in [3.8, 4) is 0 Å². The van der Waals surface area contributed by atoms with Crippen molar-refractivity contribution in [2.45, 2.75) is 19.5 Å². The molecule has 0 aromatic carbocycles. The van der Waals surface area contributed by atoms with E-state index in [4.69, 9.17) is 0 Å². The summed E-state index contributed by atoms with van der Waals surface area (Å²) in [5.74, 6) is 0.620. The maximum Gasteiger partial charge on any atom is 0.141 e. The van der Waals surface area contributed by atoms with E-state index in [9.17, 15) is 4.39 Å². The molecule has 3 nitrogen and oxygen atoms in total. The minimum atomic E-state index is -0.276. The molecule has 19 heavy (non-hydrogen) atoms. The molecule has 1 aliphatic rings. The molecule has 0 aliphatic carbocycles. The Morgan fingerprint density at radius 2 is 2.42 bits per heavy atom. The zero-order chi connectivity index (χ0) is 13.2. The van der Waals surface area contributed by atoms with E-state index in [0.29, 0.717) is 6.54 Å². The Hall–Kier alpha value is -1.46. The summed E-state index contributed by atoms with van der Waals surface area (Å²) in [5.41, 5.74) is 2.29. The monoisotopic (exact) mass is 277 g/mol. The summed E-state index contributed by atoms with van der Waals surface area (Å²) in [6, 6.07) is 3.75. The summed E-state index contributed by atoms with van der Waals surface area (Å²) in [5, 5.41) is 5.21. The van der Waals surface area contributed by atoms with Crippen LogP contribution in [0.3, 0.4) is 0 Å². The number of anilines is 1. The third-order valence-corrected chi connectivity index (χ3v) is 4.41. The molecule has 0 saturated carbocycles. The molecule has 0 fully saturated rings. The minimum Gasteiger partial charge on any atom is -0.352 e. The molecule has 0 saturated heterocycles. The first-order chi connectivity index (χ1) is 9.28. The van der Waals surface area contributed by atoms with E-state index in [2.05, 4.69) is 26.6 Å². The molecular formula is C14H16FN3S. The largest absolute Gasteiger partial charge is 0.352 e. The highest BCUT2D eigenvalue weighted by Crippen LogP contribution is 2.28. The minimum absolute atomic E-state index is 0.276. The van der Waals surface area contributed by atoms with Crippen molar-refractivity contribution in [3.63, 3.8) is 0 Å². The summed E-state index contributed by atoms with van der Waals surface area (Å²) in [6.07, 6.45) is 2.35. The molecule has 0 spiro atoms. The van der Waals surface area contributed by atoms with Crippen LogP contribution in [0.2, 0.25) is 0 Å². The Bertz CT molecular complexity index is 582. The zero-order valence-corrected chi connectivity index (χ0v) is 11.6. The first-order valence-corrected chi connectivity index (χ1v) is 7.25. The van der Waals surface area contributed by atoms with Crippen LogP contribution >= 0.6 is 11.3 Å². The number of hydrogen-bond acceptors (Lipinski definition) is 4. The van der Waals surface area contributed by atoms with Crippen molar-refractivity contribution in [1.29, 1.82) is 0 Å². The van der Waals surface area contributed by atoms with E-state index < -0.39 is 0 Å². The average Bonchev–Trinajstić information content (AvgIpc) is 2.86. The van der Waals surface area contributed by atoms with Gasteiger partial charge in [-0.1, -0.05) is 0 Å². The lowest BCUT2D eigenvalue weighted by Gasteiger charge is -2.29. The van der Waals surface area contributed by atoms with Gasteiger partial charge in [-0.2, -0.15) is 0 Å². The maximum atomic E-state index is 13.3. The van der Waals surface area contributed by atoms with Gasteiger partial charge in [0.2, 0.25) is 0 Å². The second-order valence-corrected chi connectivity index (χ2v) is 5.71. The van der Waals surface area contributed by atoms with Crippen LogP contribution in [-0.4, -0.2) is 18.6 Å². The number of nitrogens with zero attached hydrogens (tertiary/aromatic N) is 2. The third-order valence-electron chi connectivity index (χ3n) is 3.38. The van der Waals surface area contributed by atoms with Crippen LogP contribution < -0.4 is 10.2 Å². The van der Waals surface area contributed by atoms with Crippen LogP contribution in [0.1, 0.15) is 16.0 Å². The molecule has 3 rings (SSSR count). The predicted octanol–water partition coefficient (Wildman–Crippen LogP) is 2.56. The van der Waals surface area contributed by atoms with E-state index in [0.717, 1.165) is 30.9 Å². The summed E-state index contributed by atoms with van der Waals surface area (Å²) < 4.78 is 13.3. The van der Waals surface area contributed by atoms with E-state index >= 15 is 0 Å². The number of fused-ring (bicyclic) bond motifs is 1. The van der Waals surface area contributed by atoms with Crippen molar-refractivity contribution in [2.24, 2.45) is 0 Å². The molecule has 0 radical (unpaired) electrons. The van der Waals surface area contributed by atoms with Crippen LogP contribution in [0, 0.1) is 5.82 Å². The van der Waals surface area contributed by atoms with Gasteiger partial charge in [0.25, 0.3) is 0 Å². The van der Waals surface area contributed by atoms with Crippen LogP contribution in [-0.2, 0) is 19.5 Å². The average molecular weight is 277 g/mol. The van der Waals surface area contributed by atoms with Crippen LogP contribution in [0.4, 0.5) is 10.2 Å². The Labute approximate surface area is 116 Å². The van der Waals surface area contributed by atoms with Crippen molar-refractivity contribution in [1.82, 2.24) is 10.3 Å². The van der Waals surface area contributed by atoms with Crippen molar-refractivity contribution < 1.29 is 4.39 Å². The third kappa shape index (κ3) is 2.48. The molecule has 0 unspecified atom stereocenters. The quantitative estimate of drug-likeness (QED) is 0.934. The highest BCUT2D eigenvalue weighted by molar-refractivity contribution is 7.10. The SMILES string of the molecule is CNCc1cc(F)cnc1N1CCc2sccc2C1. The first kappa shape index (κ1) is 12.6. The molecule has 2 aromatic rings. The van der Waals surface area contributed by atoms with E-state index in [1.807, 2.05) is 18.4 Å². The normalized spacial score (nSPS) is 14.5. The number of aromatic nitrogens is 1. The van der Waals surface area contributed by atoms with Crippen LogP contribution in [0.15, 0.2) is 23.7 Å². The first-order valence-electron chi connectivity index (χ1n) is 6.37. The smallest absolute Gasteiger partial charge is 0.141 e. The standard InChI is InChI=1S/C14H16FN3S/c1-16-7-11-6-12(15)8-17-14(11)18-4-2-13-10(9-18)3-5-19-13/h3,5-6,8,16H,2,4,7,9H2,1H3. The maximum absolute atomic E-state index is 13.3. The molecule has 5 heteroatoms. The van der Waals surface area contributed by atoms with E-state index in [1.165, 1.54) is 16.6 Å². The molecule has 100 valence electrons. The van der Waals surface area contributed by atoms with Gasteiger partial charge in [-0.15, -0.1) is 11.3 Å². The molecule has 1 aliphatic heterocycles. The Morgan fingerprint density at radius 1 is 1.53 bits per heavy atom. The van der Waals surface area contributed by atoms with Crippen LogP contribution in [0.5, 0.6) is 0 Å². The fourth-order valence-electron chi connectivity index (χ4n) is 2.51. The lowest BCUT2D eigenvalue weighted by Crippen LogP contribution is -2.31. The number of halogens is 1. The van der Waals surface area contributed by atoms with Crippen molar-refractivity contribution in [3.05, 3.63) is 45.5 Å². The summed E-state index contributed by atoms with van der Waals surface area (Å²) in [6.45, 7) is 2.45. The summed E-state index contributed by atoms with van der Waals surface area (Å²) >= 11 is 1.82. The highest BCUT2D eigenvalue weighted by atomic mass is 32.1. The molecule has 1 N–H and O–H groups in total. The summed E-state index contributed by atoms with van der Waals surface area (Å²) in [4.78, 5) is 8.00. The van der Waals surface area contributed by atoms with Gasteiger partial charge in [0.15, 0.2) is 0 Å². The van der Waals surface area contributed by atoms with Crippen LogP contribution in [0.25, 0.3) is 0 Å². The predicted molar refractivity (Wildman–Crippen MR) is 76.0 cm³/mol. The lowest BCUT2D eigenvalue weighted by molar-refractivity contribution is 0.613. The molecule has 0 atom stereocenters. The number of nitrogens with one attached hydrogen (secondary N) is 1. The number of thiophene rings is 1. The van der Waals surface area contributed by atoms with Gasteiger partial charge in [-0.05, 0) is 36.5 Å². The molecule has 2 aromatic heterocycles. The van der Waals surface area contributed by atoms with Crippen molar-refractivity contribution >= 4 is 17.2 Å². The van der Waals surface area contributed by atoms with Gasteiger partial charge in [-0.3, -0.25) is 0 Å².